The fourth-order valence-electron chi connectivity index (χ4n) is 3.35. The Morgan fingerprint density at radius 2 is 1.88 bits per heavy atom. The Kier molecular flexibility index (Phi) is 3.52. The molecule has 0 radical (unpaired) electrons. The van der Waals surface area contributed by atoms with Gasteiger partial charge in [0.2, 0.25) is 5.75 Å². The van der Waals surface area contributed by atoms with E-state index < -0.39 is 0 Å². The number of hydrogen-bond acceptors (Lipinski definition) is 7. The molecule has 0 fully saturated rings. The average Bonchev–Trinajstić information content (AvgIpc) is 3.25. The van der Waals surface area contributed by atoms with E-state index in [9.17, 15) is 4.79 Å². The van der Waals surface area contributed by atoms with Crippen LogP contribution < -0.4 is 19.5 Å². The lowest BCUT2D eigenvalue weighted by atomic mass is 9.83. The monoisotopic (exact) mass is 343 g/mol. The summed E-state index contributed by atoms with van der Waals surface area (Å²) in [5.41, 5.74) is 2.99. The molecule has 4 rings (SSSR count). The molecule has 2 N–H and O–H groups in total. The highest BCUT2D eigenvalue weighted by Gasteiger charge is 2.40. The van der Waals surface area contributed by atoms with Crippen LogP contribution in [-0.4, -0.2) is 44.1 Å². The number of nitrogens with one attached hydrogen (secondary N) is 2. The number of methoxy groups -OCH3 is 3. The number of cyclic esters (lactones) is 1. The SMILES string of the molecule is COc1cc(C2C3=C(COC3=O)Nc3[nH]ncc32)cc(OC)c1OC. The Hall–Kier alpha value is -3.16. The summed E-state index contributed by atoms with van der Waals surface area (Å²) in [4.78, 5) is 12.3. The summed E-state index contributed by atoms with van der Waals surface area (Å²) in [5.74, 6) is 1.61. The van der Waals surface area contributed by atoms with Gasteiger partial charge in [-0.05, 0) is 17.7 Å². The maximum absolute atomic E-state index is 12.3. The number of H-pyrrole nitrogens is 1. The highest BCUT2D eigenvalue weighted by atomic mass is 16.5. The average molecular weight is 343 g/mol. The third kappa shape index (κ3) is 2.21. The standard InChI is InChI=1S/C17H17N3O5/c1-22-11-4-8(5-12(23-2)15(11)24-3)13-9-6-18-20-16(9)19-10-7-25-17(21)14(10)13/h4-6,13H,7H2,1-3H3,(H2,18,19,20). The third-order valence-electron chi connectivity index (χ3n) is 4.46. The van der Waals surface area contributed by atoms with Gasteiger partial charge in [-0.2, -0.15) is 5.10 Å². The van der Waals surface area contributed by atoms with Crippen molar-refractivity contribution < 1.29 is 23.7 Å². The number of fused-ring (bicyclic) bond motifs is 1. The summed E-state index contributed by atoms with van der Waals surface area (Å²) < 4.78 is 21.5. The Balaban J connectivity index is 1.93. The van der Waals surface area contributed by atoms with Crippen LogP contribution in [0.5, 0.6) is 17.2 Å². The van der Waals surface area contributed by atoms with E-state index in [1.54, 1.807) is 27.5 Å². The quantitative estimate of drug-likeness (QED) is 0.818. The second kappa shape index (κ2) is 5.73. The highest BCUT2D eigenvalue weighted by molar-refractivity contribution is 5.97. The van der Waals surface area contributed by atoms with Crippen LogP contribution >= 0.6 is 0 Å². The van der Waals surface area contributed by atoms with Crippen molar-refractivity contribution in [3.8, 4) is 17.2 Å². The maximum Gasteiger partial charge on any atom is 0.337 e. The lowest BCUT2D eigenvalue weighted by Crippen LogP contribution is -2.19. The number of hydrogen-bond donors (Lipinski definition) is 2. The first-order valence-corrected chi connectivity index (χ1v) is 7.68. The zero-order valence-corrected chi connectivity index (χ0v) is 14.0. The lowest BCUT2D eigenvalue weighted by molar-refractivity contribution is -0.136. The fourth-order valence-corrected chi connectivity index (χ4v) is 3.35. The summed E-state index contributed by atoms with van der Waals surface area (Å²) in [7, 11) is 4.66. The first-order chi connectivity index (χ1) is 12.2. The lowest BCUT2D eigenvalue weighted by Gasteiger charge is -2.25. The molecule has 8 heteroatoms. The third-order valence-corrected chi connectivity index (χ3v) is 4.46. The molecule has 1 aromatic carbocycles. The number of aromatic amines is 1. The van der Waals surface area contributed by atoms with Gasteiger partial charge in [0.1, 0.15) is 12.4 Å². The van der Waals surface area contributed by atoms with Gasteiger partial charge in [0, 0.05) is 11.5 Å². The van der Waals surface area contributed by atoms with E-state index in [-0.39, 0.29) is 18.5 Å². The van der Waals surface area contributed by atoms with E-state index in [2.05, 4.69) is 15.5 Å². The van der Waals surface area contributed by atoms with Crippen LogP contribution in [0.3, 0.4) is 0 Å². The molecule has 8 nitrogen and oxygen atoms in total. The van der Waals surface area contributed by atoms with Crippen molar-refractivity contribution in [2.45, 2.75) is 5.92 Å². The topological polar surface area (TPSA) is 94.7 Å². The minimum atomic E-state index is -0.340. The molecule has 0 saturated heterocycles. The summed E-state index contributed by atoms with van der Waals surface area (Å²) in [6.45, 7) is 0.216. The summed E-state index contributed by atoms with van der Waals surface area (Å²) in [6.07, 6.45) is 1.70. The first-order valence-electron chi connectivity index (χ1n) is 7.68. The van der Waals surface area contributed by atoms with Crippen LogP contribution in [0.4, 0.5) is 5.82 Å². The number of benzene rings is 1. The number of ether oxygens (including phenoxy) is 4. The number of aromatic nitrogens is 2. The minimum Gasteiger partial charge on any atom is -0.493 e. The summed E-state index contributed by atoms with van der Waals surface area (Å²) >= 11 is 0. The summed E-state index contributed by atoms with van der Waals surface area (Å²) in [6, 6.07) is 3.68. The number of carbonyl (C=O) groups is 1. The molecule has 2 aliphatic rings. The molecular weight excluding hydrogens is 326 g/mol. The van der Waals surface area contributed by atoms with Crippen LogP contribution in [-0.2, 0) is 9.53 Å². The molecule has 2 aromatic rings. The Bertz CT molecular complexity index is 861. The predicted octanol–water partition coefficient (Wildman–Crippen LogP) is 1.80. The highest BCUT2D eigenvalue weighted by Crippen LogP contribution is 2.47. The largest absolute Gasteiger partial charge is 0.493 e. The molecular formula is C17H17N3O5. The molecule has 3 heterocycles. The molecule has 130 valence electrons. The van der Waals surface area contributed by atoms with Crippen molar-refractivity contribution in [3.05, 3.63) is 40.7 Å². The van der Waals surface area contributed by atoms with Gasteiger partial charge in [0.25, 0.3) is 0 Å². The van der Waals surface area contributed by atoms with Crippen molar-refractivity contribution in [1.82, 2.24) is 10.2 Å². The fraction of sp³-hybridized carbons (Fsp3) is 0.294. The molecule has 0 aliphatic carbocycles. The van der Waals surface area contributed by atoms with Crippen LogP contribution in [0.2, 0.25) is 0 Å². The smallest absolute Gasteiger partial charge is 0.337 e. The van der Waals surface area contributed by atoms with Crippen molar-refractivity contribution in [1.29, 1.82) is 0 Å². The van der Waals surface area contributed by atoms with Crippen LogP contribution in [0.25, 0.3) is 0 Å². The second-order valence-corrected chi connectivity index (χ2v) is 5.69. The van der Waals surface area contributed by atoms with Gasteiger partial charge in [0.05, 0.1) is 38.8 Å². The van der Waals surface area contributed by atoms with Crippen LogP contribution in [0, 0.1) is 0 Å². The van der Waals surface area contributed by atoms with E-state index >= 15 is 0 Å². The van der Waals surface area contributed by atoms with Crippen molar-refractivity contribution in [2.75, 3.05) is 33.3 Å². The number of rotatable bonds is 4. The molecule has 0 spiro atoms. The van der Waals surface area contributed by atoms with Crippen molar-refractivity contribution in [2.24, 2.45) is 0 Å². The van der Waals surface area contributed by atoms with Gasteiger partial charge in [-0.25, -0.2) is 4.79 Å². The molecule has 0 saturated carbocycles. The van der Waals surface area contributed by atoms with E-state index in [4.69, 9.17) is 18.9 Å². The minimum absolute atomic E-state index is 0.216. The Morgan fingerprint density at radius 1 is 1.16 bits per heavy atom. The number of carbonyl (C=O) groups excluding carboxylic acids is 1. The second-order valence-electron chi connectivity index (χ2n) is 5.69. The van der Waals surface area contributed by atoms with Gasteiger partial charge < -0.3 is 24.3 Å². The molecule has 1 aromatic heterocycles. The number of esters is 1. The maximum atomic E-state index is 12.3. The van der Waals surface area contributed by atoms with Crippen molar-refractivity contribution in [3.63, 3.8) is 0 Å². The molecule has 1 unspecified atom stereocenters. The van der Waals surface area contributed by atoms with Gasteiger partial charge in [-0.3, -0.25) is 5.10 Å². The van der Waals surface area contributed by atoms with Crippen LogP contribution in [0.1, 0.15) is 17.0 Å². The Morgan fingerprint density at radius 3 is 2.52 bits per heavy atom. The van der Waals surface area contributed by atoms with Crippen LogP contribution in [0.15, 0.2) is 29.6 Å². The van der Waals surface area contributed by atoms with E-state index in [1.165, 1.54) is 0 Å². The molecule has 0 bridgehead atoms. The van der Waals surface area contributed by atoms with Crippen molar-refractivity contribution >= 4 is 11.8 Å². The molecule has 1 atom stereocenters. The van der Waals surface area contributed by atoms with Gasteiger partial charge >= 0.3 is 5.97 Å². The predicted molar refractivity (Wildman–Crippen MR) is 88.1 cm³/mol. The van der Waals surface area contributed by atoms with E-state index in [0.717, 1.165) is 22.6 Å². The van der Waals surface area contributed by atoms with E-state index in [0.29, 0.717) is 22.8 Å². The molecule has 0 amide bonds. The summed E-state index contributed by atoms with van der Waals surface area (Å²) in [5, 5.41) is 10.2. The zero-order valence-electron chi connectivity index (χ0n) is 14.0. The van der Waals surface area contributed by atoms with Gasteiger partial charge in [0.15, 0.2) is 11.5 Å². The number of nitrogens with zero attached hydrogens (tertiary/aromatic N) is 1. The first kappa shape index (κ1) is 15.4. The van der Waals surface area contributed by atoms with Gasteiger partial charge in [-0.1, -0.05) is 0 Å². The number of anilines is 1. The van der Waals surface area contributed by atoms with Gasteiger partial charge in [-0.15, -0.1) is 0 Å². The Labute approximate surface area is 143 Å². The molecule has 25 heavy (non-hydrogen) atoms. The zero-order chi connectivity index (χ0) is 17.6. The molecule has 2 aliphatic heterocycles. The van der Waals surface area contributed by atoms with E-state index in [1.807, 2.05) is 12.1 Å². The normalized spacial score (nSPS) is 18.2.